The fourth-order valence-corrected chi connectivity index (χ4v) is 6.89. The SMILES string of the molecule is C[C@H]1O[C@H](CC(=O)O)Cc2c1c(=O)c1c(=O)c(-c3cc(O)c4c(c3O)=C(O)C3C(=C[C@@H](CC(=O)O)O[C@@H]3C)C=4O)cc(=O)c=1c2=O. The smallest absolute Gasteiger partial charge is 0.306 e. The Kier molecular flexibility index (Phi) is 7.09. The van der Waals surface area contributed by atoms with E-state index in [1.807, 2.05) is 0 Å². The lowest BCUT2D eigenvalue weighted by Gasteiger charge is -2.35. The van der Waals surface area contributed by atoms with E-state index in [0.29, 0.717) is 6.07 Å². The fraction of sp³-hybridized carbons (Fsp3) is 0.312. The minimum atomic E-state index is -1.20. The van der Waals surface area contributed by atoms with Gasteiger partial charge in [-0.15, -0.1) is 0 Å². The van der Waals surface area contributed by atoms with Crippen LogP contribution in [-0.4, -0.2) is 60.9 Å². The van der Waals surface area contributed by atoms with Gasteiger partial charge in [0.05, 0.1) is 64.1 Å². The first-order chi connectivity index (χ1) is 21.6. The van der Waals surface area contributed by atoms with Crippen LogP contribution in [0.4, 0.5) is 0 Å². The molecule has 14 heteroatoms. The molecule has 238 valence electrons. The van der Waals surface area contributed by atoms with Gasteiger partial charge in [0.1, 0.15) is 23.0 Å². The Balaban J connectivity index is 1.63. The summed E-state index contributed by atoms with van der Waals surface area (Å²) in [5.41, 5.74) is -5.42. The van der Waals surface area contributed by atoms with E-state index in [1.165, 1.54) is 19.9 Å². The summed E-state index contributed by atoms with van der Waals surface area (Å²) < 4.78 is 11.3. The summed E-state index contributed by atoms with van der Waals surface area (Å²) in [7, 11) is 0. The number of aliphatic carboxylic acids is 2. The number of aliphatic hydroxyl groups excluding tert-OH is 2. The molecule has 14 nitrogen and oxygen atoms in total. The van der Waals surface area contributed by atoms with E-state index in [9.17, 15) is 54.3 Å². The van der Waals surface area contributed by atoms with Crippen molar-refractivity contribution < 1.29 is 49.7 Å². The van der Waals surface area contributed by atoms with Gasteiger partial charge in [0, 0.05) is 34.2 Å². The van der Waals surface area contributed by atoms with Crippen molar-refractivity contribution >= 4 is 23.5 Å². The van der Waals surface area contributed by atoms with E-state index >= 15 is 0 Å². The lowest BCUT2D eigenvalue weighted by atomic mass is 9.81. The zero-order valence-electron chi connectivity index (χ0n) is 24.2. The lowest BCUT2D eigenvalue weighted by Crippen LogP contribution is -2.44. The predicted octanol–water partition coefficient (Wildman–Crippen LogP) is -0.566. The molecule has 46 heavy (non-hydrogen) atoms. The average molecular weight is 635 g/mol. The molecule has 6 rings (SSSR count). The molecule has 0 aromatic heterocycles. The third-order valence-electron chi connectivity index (χ3n) is 8.74. The number of ether oxygens (including phenoxy) is 2. The molecule has 0 bridgehead atoms. The van der Waals surface area contributed by atoms with Crippen molar-refractivity contribution in [1.82, 2.24) is 0 Å². The van der Waals surface area contributed by atoms with E-state index in [4.69, 9.17) is 14.6 Å². The average Bonchev–Trinajstić information content (AvgIpc) is 2.95. The molecule has 2 aliphatic heterocycles. The minimum absolute atomic E-state index is 0.0418. The Morgan fingerprint density at radius 2 is 1.48 bits per heavy atom. The number of phenolic OH excluding ortho intramolecular Hbond substituents is 2. The maximum Gasteiger partial charge on any atom is 0.306 e. The first-order valence-electron chi connectivity index (χ1n) is 14.2. The second-order valence-corrected chi connectivity index (χ2v) is 11.6. The summed E-state index contributed by atoms with van der Waals surface area (Å²) in [5, 5.41) is 60.8. The molecule has 0 fully saturated rings. The van der Waals surface area contributed by atoms with Crippen molar-refractivity contribution in [2.75, 3.05) is 0 Å². The highest BCUT2D eigenvalue weighted by molar-refractivity contribution is 5.79. The Morgan fingerprint density at radius 1 is 0.804 bits per heavy atom. The Morgan fingerprint density at radius 3 is 2.13 bits per heavy atom. The van der Waals surface area contributed by atoms with Crippen LogP contribution in [0, 0.1) is 16.4 Å². The number of aromatic hydroxyl groups is 2. The highest BCUT2D eigenvalue weighted by Crippen LogP contribution is 2.38. The van der Waals surface area contributed by atoms with E-state index in [1.54, 1.807) is 0 Å². The second kappa shape index (κ2) is 10.6. The van der Waals surface area contributed by atoms with Gasteiger partial charge in [-0.3, -0.25) is 28.8 Å². The molecule has 0 saturated carbocycles. The lowest BCUT2D eigenvalue weighted by molar-refractivity contribution is -0.142. The highest BCUT2D eigenvalue weighted by Gasteiger charge is 2.40. The standard InChI is InChI=1S/C32H26O14/c1-9-21-15(3-11(45-9)5-19(35)36)29(41)23-17(33)7-13(27(39)25(23)31(21)43)14-8-18(34)24-26(28(14)40)32(44)22-10(2)46-12(6-20(37)38)4-16(22)30(24)42/h3,7-12,21,33,39,41,43H,4-6H2,1-2H3,(H,35,36)(H,37,38)/t9-,10-,11+,12+,21?/m1/s1. The third-order valence-corrected chi connectivity index (χ3v) is 8.74. The number of fused-ring (bicyclic) bond motifs is 3. The monoisotopic (exact) mass is 634 g/mol. The number of hydrogen-bond acceptors (Lipinski definition) is 12. The number of aliphatic hydroxyl groups is 2. The number of phenols is 2. The number of benzene rings is 1. The molecule has 0 amide bonds. The minimum Gasteiger partial charge on any atom is -0.511 e. The van der Waals surface area contributed by atoms with Crippen molar-refractivity contribution in [3.8, 4) is 22.6 Å². The summed E-state index contributed by atoms with van der Waals surface area (Å²) in [5.74, 6) is -6.26. The van der Waals surface area contributed by atoms with Crippen molar-refractivity contribution in [3.63, 3.8) is 0 Å². The van der Waals surface area contributed by atoms with Gasteiger partial charge in [0.15, 0.2) is 21.7 Å². The van der Waals surface area contributed by atoms with Crippen LogP contribution in [0.15, 0.2) is 43.0 Å². The van der Waals surface area contributed by atoms with Crippen LogP contribution in [0.3, 0.4) is 0 Å². The van der Waals surface area contributed by atoms with Crippen molar-refractivity contribution in [3.05, 3.63) is 96.7 Å². The largest absolute Gasteiger partial charge is 0.511 e. The van der Waals surface area contributed by atoms with Crippen LogP contribution in [0.1, 0.15) is 43.9 Å². The number of rotatable bonds is 5. The van der Waals surface area contributed by atoms with E-state index in [2.05, 4.69) is 0 Å². The van der Waals surface area contributed by atoms with Crippen molar-refractivity contribution in [2.24, 2.45) is 5.92 Å². The maximum absolute atomic E-state index is 13.8. The van der Waals surface area contributed by atoms with Gasteiger partial charge in [-0.1, -0.05) is 0 Å². The number of carboxylic acid groups (broad SMARTS) is 2. The molecule has 3 aliphatic carbocycles. The summed E-state index contributed by atoms with van der Waals surface area (Å²) in [4.78, 5) is 76.8. The summed E-state index contributed by atoms with van der Waals surface area (Å²) in [6.07, 6.45) is -3.83. The van der Waals surface area contributed by atoms with Crippen LogP contribution in [0.25, 0.3) is 22.6 Å². The van der Waals surface area contributed by atoms with Gasteiger partial charge in [-0.2, -0.15) is 0 Å². The van der Waals surface area contributed by atoms with Crippen molar-refractivity contribution in [2.45, 2.75) is 57.5 Å². The molecule has 0 radical (unpaired) electrons. The fourth-order valence-electron chi connectivity index (χ4n) is 6.89. The van der Waals surface area contributed by atoms with Crippen LogP contribution in [0.5, 0.6) is 11.5 Å². The normalized spacial score (nSPS) is 23.8. The highest BCUT2D eigenvalue weighted by atomic mass is 16.5. The molecule has 2 heterocycles. The van der Waals surface area contributed by atoms with Gasteiger partial charge in [-0.05, 0) is 32.1 Å². The Hall–Kier alpha value is -5.34. The Bertz CT molecular complexity index is 2330. The molecule has 1 unspecified atom stereocenters. The van der Waals surface area contributed by atoms with Gasteiger partial charge >= 0.3 is 11.9 Å². The zero-order chi connectivity index (χ0) is 33.5. The number of hydrogen-bond donors (Lipinski definition) is 6. The maximum atomic E-state index is 13.8. The summed E-state index contributed by atoms with van der Waals surface area (Å²) in [6.45, 7) is 2.90. The molecule has 1 aromatic rings. The van der Waals surface area contributed by atoms with Gasteiger partial charge in [-0.25, -0.2) is 0 Å². The van der Waals surface area contributed by atoms with Gasteiger partial charge in [0.25, 0.3) is 0 Å². The van der Waals surface area contributed by atoms with Gasteiger partial charge in [0.2, 0.25) is 0 Å². The molecule has 6 N–H and O–H groups in total. The topological polar surface area (TPSA) is 242 Å². The number of carboxylic acids is 2. The van der Waals surface area contributed by atoms with Gasteiger partial charge < -0.3 is 40.1 Å². The van der Waals surface area contributed by atoms with Crippen LogP contribution < -0.4 is 32.2 Å². The second-order valence-electron chi connectivity index (χ2n) is 11.6. The third kappa shape index (κ3) is 4.48. The van der Waals surface area contributed by atoms with Crippen molar-refractivity contribution in [1.29, 1.82) is 0 Å². The first kappa shape index (κ1) is 30.7. The summed E-state index contributed by atoms with van der Waals surface area (Å²) in [6, 6.07) is 1.56. The molecule has 5 aliphatic rings. The molecular weight excluding hydrogens is 608 g/mol. The van der Waals surface area contributed by atoms with E-state index in [0.717, 1.165) is 6.07 Å². The molecule has 0 spiro atoms. The summed E-state index contributed by atoms with van der Waals surface area (Å²) >= 11 is 0. The molecule has 5 atom stereocenters. The molecule has 0 saturated heterocycles. The molecule has 1 aromatic carbocycles. The van der Waals surface area contributed by atoms with E-state index in [-0.39, 0.29) is 23.1 Å². The Labute approximate surface area is 256 Å². The van der Waals surface area contributed by atoms with E-state index < -0.39 is 132 Å². The first-order valence-corrected chi connectivity index (χ1v) is 14.2. The molecular formula is C32H26O14. The quantitative estimate of drug-likeness (QED) is 0.193. The number of carbonyl (C=O) groups is 2. The van der Waals surface area contributed by atoms with Crippen LogP contribution >= 0.6 is 0 Å². The van der Waals surface area contributed by atoms with Crippen LogP contribution in [0.2, 0.25) is 0 Å². The van der Waals surface area contributed by atoms with Crippen LogP contribution in [-0.2, 0) is 25.5 Å². The zero-order valence-corrected chi connectivity index (χ0v) is 24.2. The predicted molar refractivity (Wildman–Crippen MR) is 157 cm³/mol.